The lowest BCUT2D eigenvalue weighted by molar-refractivity contribution is -0.125. The Morgan fingerprint density at radius 2 is 1.73 bits per heavy atom. The van der Waals surface area contributed by atoms with Crippen molar-refractivity contribution in [2.45, 2.75) is 38.8 Å². The first-order chi connectivity index (χ1) is 12.5. The van der Waals surface area contributed by atoms with E-state index in [4.69, 9.17) is 0 Å². The van der Waals surface area contributed by atoms with Gasteiger partial charge >= 0.3 is 6.03 Å². The second-order valence-electron chi connectivity index (χ2n) is 6.94. The molecule has 0 unspecified atom stereocenters. The number of hydrogen-bond donors (Lipinski definition) is 2. The zero-order valence-electron chi connectivity index (χ0n) is 15.4. The van der Waals surface area contributed by atoms with Crippen LogP contribution < -0.4 is 10.6 Å². The quantitative estimate of drug-likeness (QED) is 0.779. The van der Waals surface area contributed by atoms with Crippen LogP contribution in [-0.2, 0) is 11.3 Å². The van der Waals surface area contributed by atoms with Crippen LogP contribution in [0.15, 0.2) is 24.3 Å². The van der Waals surface area contributed by atoms with E-state index in [-0.39, 0.29) is 11.8 Å². The Hall–Kier alpha value is -2.41. The number of imide groups is 1. The highest BCUT2D eigenvalue weighted by Gasteiger charge is 2.48. The minimum Gasteiger partial charge on any atom is -0.338 e. The predicted molar refractivity (Wildman–Crippen MR) is 97.6 cm³/mol. The smallest absolute Gasteiger partial charge is 0.322 e. The molecule has 1 aromatic rings. The zero-order chi connectivity index (χ0) is 18.7. The van der Waals surface area contributed by atoms with Gasteiger partial charge in [0.05, 0.1) is 0 Å². The van der Waals surface area contributed by atoms with E-state index in [9.17, 15) is 14.4 Å². The van der Waals surface area contributed by atoms with Gasteiger partial charge in [-0.15, -0.1) is 0 Å². The Balaban J connectivity index is 1.60. The van der Waals surface area contributed by atoms with Crippen molar-refractivity contribution >= 4 is 17.8 Å². The topological polar surface area (TPSA) is 81.8 Å². The molecular weight excluding hydrogens is 332 g/mol. The molecule has 1 aromatic carbocycles. The van der Waals surface area contributed by atoms with E-state index in [0.717, 1.165) is 19.6 Å². The van der Waals surface area contributed by atoms with Crippen molar-refractivity contribution in [1.29, 1.82) is 0 Å². The van der Waals surface area contributed by atoms with Crippen LogP contribution in [0.5, 0.6) is 0 Å². The number of carbonyl (C=O) groups is 3. The van der Waals surface area contributed by atoms with Gasteiger partial charge in [-0.25, -0.2) is 4.79 Å². The largest absolute Gasteiger partial charge is 0.338 e. The molecule has 0 atom stereocenters. The molecule has 1 spiro atoms. The molecule has 7 heteroatoms. The fourth-order valence-corrected chi connectivity index (χ4v) is 3.61. The highest BCUT2D eigenvalue weighted by atomic mass is 16.2. The highest BCUT2D eigenvalue weighted by molar-refractivity contribution is 6.07. The van der Waals surface area contributed by atoms with Gasteiger partial charge in [-0.3, -0.25) is 19.8 Å². The molecule has 2 heterocycles. The van der Waals surface area contributed by atoms with Crippen LogP contribution in [0, 0.1) is 0 Å². The summed E-state index contributed by atoms with van der Waals surface area (Å²) < 4.78 is 0. The number of benzene rings is 1. The predicted octanol–water partition coefficient (Wildman–Crippen LogP) is 1.34. The summed E-state index contributed by atoms with van der Waals surface area (Å²) in [6.45, 7) is 8.05. The molecule has 0 aliphatic carbocycles. The summed E-state index contributed by atoms with van der Waals surface area (Å²) in [5, 5.41) is 5.00. The lowest BCUT2D eigenvalue weighted by Crippen LogP contribution is -2.55. The average Bonchev–Trinajstić information content (AvgIpc) is 2.93. The molecule has 4 amide bonds. The Kier molecular flexibility index (Phi) is 5.27. The number of carbonyl (C=O) groups excluding carboxylic acids is 3. The molecule has 140 valence electrons. The van der Waals surface area contributed by atoms with E-state index in [1.54, 1.807) is 4.90 Å². The summed E-state index contributed by atoms with van der Waals surface area (Å²) in [6, 6.07) is 7.30. The fraction of sp³-hybridized carbons (Fsp3) is 0.526. The van der Waals surface area contributed by atoms with Crippen LogP contribution in [0.1, 0.15) is 42.6 Å². The van der Waals surface area contributed by atoms with Gasteiger partial charge in [0.1, 0.15) is 5.54 Å². The van der Waals surface area contributed by atoms with Gasteiger partial charge in [-0.2, -0.15) is 0 Å². The lowest BCUT2D eigenvalue weighted by atomic mass is 9.87. The van der Waals surface area contributed by atoms with Gasteiger partial charge in [0.25, 0.3) is 11.8 Å². The minimum absolute atomic E-state index is 0.0287. The number of nitrogens with one attached hydrogen (secondary N) is 2. The number of nitrogens with zero attached hydrogens (tertiary/aromatic N) is 2. The van der Waals surface area contributed by atoms with E-state index in [0.29, 0.717) is 31.5 Å². The zero-order valence-corrected chi connectivity index (χ0v) is 15.4. The summed E-state index contributed by atoms with van der Waals surface area (Å²) in [4.78, 5) is 40.2. The van der Waals surface area contributed by atoms with Crippen LogP contribution >= 0.6 is 0 Å². The summed E-state index contributed by atoms with van der Waals surface area (Å²) >= 11 is 0. The van der Waals surface area contributed by atoms with Crippen molar-refractivity contribution in [3.63, 3.8) is 0 Å². The van der Waals surface area contributed by atoms with Crippen LogP contribution in [0.25, 0.3) is 0 Å². The first kappa shape index (κ1) is 18.4. The van der Waals surface area contributed by atoms with Gasteiger partial charge < -0.3 is 10.2 Å². The van der Waals surface area contributed by atoms with Crippen molar-refractivity contribution in [1.82, 2.24) is 20.4 Å². The maximum absolute atomic E-state index is 12.7. The molecule has 2 fully saturated rings. The molecule has 7 nitrogen and oxygen atoms in total. The number of piperidine rings is 1. The number of urea groups is 1. The van der Waals surface area contributed by atoms with E-state index in [2.05, 4.69) is 29.4 Å². The highest BCUT2D eigenvalue weighted by Crippen LogP contribution is 2.26. The van der Waals surface area contributed by atoms with Crippen LogP contribution in [-0.4, -0.2) is 59.4 Å². The fourth-order valence-electron chi connectivity index (χ4n) is 3.61. The number of likely N-dealkylation sites (tertiary alicyclic amines) is 1. The minimum atomic E-state index is -0.846. The molecule has 2 aliphatic heterocycles. The van der Waals surface area contributed by atoms with Crippen molar-refractivity contribution in [3.8, 4) is 0 Å². The first-order valence-electron chi connectivity index (χ1n) is 9.21. The Bertz CT molecular complexity index is 689. The van der Waals surface area contributed by atoms with Crippen molar-refractivity contribution in [2.24, 2.45) is 0 Å². The average molecular weight is 358 g/mol. The molecule has 2 aliphatic rings. The second kappa shape index (κ2) is 7.45. The third-order valence-electron chi connectivity index (χ3n) is 5.42. The number of rotatable bonds is 5. The first-order valence-corrected chi connectivity index (χ1v) is 9.21. The molecule has 0 aromatic heterocycles. The van der Waals surface area contributed by atoms with Crippen LogP contribution in [0.4, 0.5) is 4.79 Å². The SMILES string of the molecule is CCN(CC)Cc1ccc(C(=O)N2CCC3(CC2)NC(=O)NC3=O)cc1. The molecule has 3 rings (SSSR count). The maximum atomic E-state index is 12.7. The molecule has 2 saturated heterocycles. The van der Waals surface area contributed by atoms with Gasteiger partial charge in [0.15, 0.2) is 0 Å². The summed E-state index contributed by atoms with van der Waals surface area (Å²) in [5.41, 5.74) is 0.999. The van der Waals surface area contributed by atoms with Gasteiger partial charge in [-0.05, 0) is 43.6 Å². The third kappa shape index (κ3) is 3.58. The lowest BCUT2D eigenvalue weighted by Gasteiger charge is -2.37. The molecule has 0 radical (unpaired) electrons. The molecule has 26 heavy (non-hydrogen) atoms. The van der Waals surface area contributed by atoms with Crippen molar-refractivity contribution in [3.05, 3.63) is 35.4 Å². The number of amides is 4. The van der Waals surface area contributed by atoms with Crippen molar-refractivity contribution in [2.75, 3.05) is 26.2 Å². The summed E-state index contributed by atoms with van der Waals surface area (Å²) in [7, 11) is 0. The molecule has 2 N–H and O–H groups in total. The van der Waals surface area contributed by atoms with Gasteiger partial charge in [0, 0.05) is 25.2 Å². The molecular formula is C19H26N4O3. The standard InChI is InChI=1S/C19H26N4O3/c1-3-22(4-2)13-14-5-7-15(8-6-14)16(24)23-11-9-19(10-12-23)17(25)20-18(26)21-19/h5-8H,3-4,9-13H2,1-2H3,(H2,20,21,25,26). The van der Waals surface area contributed by atoms with E-state index in [1.807, 2.05) is 24.3 Å². The van der Waals surface area contributed by atoms with Crippen LogP contribution in [0.3, 0.4) is 0 Å². The Labute approximate surface area is 153 Å². The van der Waals surface area contributed by atoms with Gasteiger partial charge in [-0.1, -0.05) is 26.0 Å². The Morgan fingerprint density at radius 1 is 1.12 bits per heavy atom. The van der Waals surface area contributed by atoms with Gasteiger partial charge in [0.2, 0.25) is 0 Å². The summed E-state index contributed by atoms with van der Waals surface area (Å²) in [6.07, 6.45) is 0.882. The number of hydrogen-bond acceptors (Lipinski definition) is 4. The monoisotopic (exact) mass is 358 g/mol. The van der Waals surface area contributed by atoms with E-state index in [1.165, 1.54) is 5.56 Å². The second-order valence-corrected chi connectivity index (χ2v) is 6.94. The third-order valence-corrected chi connectivity index (χ3v) is 5.42. The summed E-state index contributed by atoms with van der Waals surface area (Å²) in [5.74, 6) is -0.311. The van der Waals surface area contributed by atoms with Crippen LogP contribution in [0.2, 0.25) is 0 Å². The molecule has 0 bridgehead atoms. The molecule has 0 saturated carbocycles. The van der Waals surface area contributed by atoms with E-state index >= 15 is 0 Å². The normalized spacial score (nSPS) is 19.0. The van der Waals surface area contributed by atoms with E-state index < -0.39 is 11.6 Å². The Morgan fingerprint density at radius 3 is 2.23 bits per heavy atom. The maximum Gasteiger partial charge on any atom is 0.322 e. The van der Waals surface area contributed by atoms with Crippen molar-refractivity contribution < 1.29 is 14.4 Å².